The van der Waals surface area contributed by atoms with Gasteiger partial charge in [0.2, 0.25) is 5.91 Å². The predicted molar refractivity (Wildman–Crippen MR) is 111 cm³/mol. The molecule has 2 amide bonds. The molecule has 2 aromatic heterocycles. The van der Waals surface area contributed by atoms with Crippen molar-refractivity contribution in [1.82, 2.24) is 15.2 Å². The maximum atomic E-state index is 13.3. The Kier molecular flexibility index (Phi) is 5.95. The first-order valence-electron chi connectivity index (χ1n) is 9.43. The zero-order chi connectivity index (χ0) is 20.1. The van der Waals surface area contributed by atoms with Crippen LogP contribution in [0.2, 0.25) is 0 Å². The quantitative estimate of drug-likeness (QED) is 0.679. The lowest BCUT2D eigenvalue weighted by Crippen LogP contribution is -2.48. The molecule has 1 fully saturated rings. The lowest BCUT2D eigenvalue weighted by atomic mass is 10.1. The highest BCUT2D eigenvalue weighted by molar-refractivity contribution is 7.99. The number of carbonyl (C=O) groups excluding carboxylic acids is 2. The summed E-state index contributed by atoms with van der Waals surface area (Å²) in [6.07, 6.45) is 5.59. The summed E-state index contributed by atoms with van der Waals surface area (Å²) in [5.41, 5.74) is 2.36. The Bertz CT molecular complexity index is 948. The van der Waals surface area contributed by atoms with Crippen molar-refractivity contribution in [2.24, 2.45) is 0 Å². The van der Waals surface area contributed by atoms with E-state index in [1.807, 2.05) is 42.5 Å². The van der Waals surface area contributed by atoms with Crippen molar-refractivity contribution in [3.63, 3.8) is 0 Å². The molecule has 1 saturated heterocycles. The molecule has 0 radical (unpaired) electrons. The zero-order valence-electron chi connectivity index (χ0n) is 15.7. The Balaban J connectivity index is 1.49. The number of nitrogens with zero attached hydrogens (tertiary/aromatic N) is 2. The number of thioether (sulfide) groups is 1. The number of aromatic nitrogens is 1. The normalized spacial score (nSPS) is 18.6. The van der Waals surface area contributed by atoms with Gasteiger partial charge in [-0.15, -0.1) is 11.8 Å². The number of furan rings is 1. The molecular weight excluding hydrogens is 386 g/mol. The van der Waals surface area contributed by atoms with E-state index in [4.69, 9.17) is 4.42 Å². The fraction of sp³-hybridized carbons (Fsp3) is 0.227. The molecule has 2 atom stereocenters. The van der Waals surface area contributed by atoms with Gasteiger partial charge in [0.25, 0.3) is 5.91 Å². The van der Waals surface area contributed by atoms with Crippen molar-refractivity contribution < 1.29 is 14.0 Å². The van der Waals surface area contributed by atoms with Crippen LogP contribution in [0.25, 0.3) is 0 Å². The fourth-order valence-corrected chi connectivity index (χ4v) is 4.74. The number of rotatable bonds is 6. The molecule has 4 rings (SSSR count). The minimum absolute atomic E-state index is 0.149. The van der Waals surface area contributed by atoms with Gasteiger partial charge < -0.3 is 14.6 Å². The molecule has 3 heterocycles. The van der Waals surface area contributed by atoms with Crippen LogP contribution in [0.1, 0.15) is 27.0 Å². The molecule has 0 aliphatic carbocycles. The SMILES string of the molecule is O=C(NCCc1ccccn1)C1CSC(c2ccoc2)N1C(=O)c1ccccc1. The van der Waals surface area contributed by atoms with Crippen molar-refractivity contribution in [2.75, 3.05) is 12.3 Å². The zero-order valence-corrected chi connectivity index (χ0v) is 16.5. The van der Waals surface area contributed by atoms with Gasteiger partial charge in [0, 0.05) is 41.7 Å². The van der Waals surface area contributed by atoms with Gasteiger partial charge in [0.1, 0.15) is 11.4 Å². The Hall–Kier alpha value is -3.06. The van der Waals surface area contributed by atoms with Crippen molar-refractivity contribution in [1.29, 1.82) is 0 Å². The van der Waals surface area contributed by atoms with Gasteiger partial charge in [-0.1, -0.05) is 24.3 Å². The molecule has 1 N–H and O–H groups in total. The van der Waals surface area contributed by atoms with Gasteiger partial charge in [-0.3, -0.25) is 14.6 Å². The lowest BCUT2D eigenvalue weighted by molar-refractivity contribution is -0.124. The third-order valence-electron chi connectivity index (χ3n) is 4.79. The number of benzene rings is 1. The first kappa shape index (κ1) is 19.3. The van der Waals surface area contributed by atoms with Gasteiger partial charge >= 0.3 is 0 Å². The molecule has 2 unspecified atom stereocenters. The van der Waals surface area contributed by atoms with E-state index < -0.39 is 6.04 Å². The molecule has 6 nitrogen and oxygen atoms in total. The number of hydrogen-bond acceptors (Lipinski definition) is 5. The molecular formula is C22H21N3O3S. The Labute approximate surface area is 173 Å². The standard InChI is InChI=1S/C22H21N3O3S/c26-20(24-12-9-18-8-4-5-11-23-18)19-15-29-22(17-10-13-28-14-17)25(19)21(27)16-6-2-1-3-7-16/h1-8,10-11,13-14,19,22H,9,12,15H2,(H,24,26). The maximum Gasteiger partial charge on any atom is 0.255 e. The van der Waals surface area contributed by atoms with E-state index in [9.17, 15) is 9.59 Å². The lowest BCUT2D eigenvalue weighted by Gasteiger charge is -2.28. The van der Waals surface area contributed by atoms with Gasteiger partial charge in [0.15, 0.2) is 0 Å². The minimum atomic E-state index is -0.545. The van der Waals surface area contributed by atoms with Crippen molar-refractivity contribution in [3.8, 4) is 0 Å². The van der Waals surface area contributed by atoms with Crippen LogP contribution in [0.4, 0.5) is 0 Å². The molecule has 1 aromatic carbocycles. The van der Waals surface area contributed by atoms with Crippen LogP contribution in [0.15, 0.2) is 77.7 Å². The number of carbonyl (C=O) groups is 2. The highest BCUT2D eigenvalue weighted by Gasteiger charge is 2.42. The summed E-state index contributed by atoms with van der Waals surface area (Å²) >= 11 is 1.57. The number of nitrogens with one attached hydrogen (secondary N) is 1. The molecule has 0 saturated carbocycles. The predicted octanol–water partition coefficient (Wildman–Crippen LogP) is 3.29. The molecule has 1 aliphatic heterocycles. The Morgan fingerprint density at radius 1 is 1.14 bits per heavy atom. The molecule has 0 spiro atoms. The van der Waals surface area contributed by atoms with E-state index in [-0.39, 0.29) is 17.2 Å². The summed E-state index contributed by atoms with van der Waals surface area (Å²) in [4.78, 5) is 32.1. The van der Waals surface area contributed by atoms with E-state index in [0.29, 0.717) is 24.3 Å². The minimum Gasteiger partial charge on any atom is -0.472 e. The second-order valence-electron chi connectivity index (χ2n) is 6.70. The van der Waals surface area contributed by atoms with Crippen molar-refractivity contribution in [3.05, 3.63) is 90.1 Å². The second-order valence-corrected chi connectivity index (χ2v) is 7.81. The van der Waals surface area contributed by atoms with Crippen LogP contribution < -0.4 is 5.32 Å². The number of pyridine rings is 1. The first-order chi connectivity index (χ1) is 14.2. The van der Waals surface area contributed by atoms with Gasteiger partial charge in [0.05, 0.1) is 12.5 Å². The van der Waals surface area contributed by atoms with E-state index in [1.54, 1.807) is 47.5 Å². The largest absolute Gasteiger partial charge is 0.472 e. The van der Waals surface area contributed by atoms with E-state index >= 15 is 0 Å². The summed E-state index contributed by atoms with van der Waals surface area (Å²) in [5.74, 6) is 0.222. The summed E-state index contributed by atoms with van der Waals surface area (Å²) in [7, 11) is 0. The van der Waals surface area contributed by atoms with Gasteiger partial charge in [-0.05, 0) is 30.3 Å². The van der Waals surface area contributed by atoms with Crippen molar-refractivity contribution >= 4 is 23.6 Å². The highest BCUT2D eigenvalue weighted by atomic mass is 32.2. The van der Waals surface area contributed by atoms with E-state index in [2.05, 4.69) is 10.3 Å². The van der Waals surface area contributed by atoms with Crippen LogP contribution >= 0.6 is 11.8 Å². The molecule has 1 aliphatic rings. The molecule has 0 bridgehead atoms. The summed E-state index contributed by atoms with van der Waals surface area (Å²) < 4.78 is 5.21. The second kappa shape index (κ2) is 8.96. The van der Waals surface area contributed by atoms with Crippen LogP contribution in [-0.2, 0) is 11.2 Å². The molecule has 29 heavy (non-hydrogen) atoms. The fourth-order valence-electron chi connectivity index (χ4n) is 3.34. The third-order valence-corrected chi connectivity index (χ3v) is 6.12. The van der Waals surface area contributed by atoms with Gasteiger partial charge in [-0.2, -0.15) is 0 Å². The Morgan fingerprint density at radius 2 is 1.97 bits per heavy atom. The molecule has 3 aromatic rings. The third kappa shape index (κ3) is 4.35. The molecule has 7 heteroatoms. The van der Waals surface area contributed by atoms with Crippen LogP contribution in [0, 0.1) is 0 Å². The highest BCUT2D eigenvalue weighted by Crippen LogP contribution is 2.42. The average Bonchev–Trinajstić information content (AvgIpc) is 3.44. The maximum absolute atomic E-state index is 13.3. The van der Waals surface area contributed by atoms with Crippen LogP contribution in [0.3, 0.4) is 0 Å². The van der Waals surface area contributed by atoms with Crippen LogP contribution in [-0.4, -0.2) is 40.0 Å². The monoisotopic (exact) mass is 407 g/mol. The molecule has 148 valence electrons. The van der Waals surface area contributed by atoms with Gasteiger partial charge in [-0.25, -0.2) is 0 Å². The summed E-state index contributed by atoms with van der Waals surface area (Å²) in [6, 6.07) is 16.1. The number of amides is 2. The summed E-state index contributed by atoms with van der Waals surface area (Å²) in [5, 5.41) is 2.71. The smallest absolute Gasteiger partial charge is 0.255 e. The number of hydrogen-bond donors (Lipinski definition) is 1. The van der Waals surface area contributed by atoms with E-state index in [1.165, 1.54) is 0 Å². The Morgan fingerprint density at radius 3 is 2.69 bits per heavy atom. The van der Waals surface area contributed by atoms with E-state index in [0.717, 1.165) is 11.3 Å². The first-order valence-corrected chi connectivity index (χ1v) is 10.5. The van der Waals surface area contributed by atoms with Crippen LogP contribution in [0.5, 0.6) is 0 Å². The summed E-state index contributed by atoms with van der Waals surface area (Å²) in [6.45, 7) is 0.473. The van der Waals surface area contributed by atoms with Crippen molar-refractivity contribution in [2.45, 2.75) is 17.8 Å². The average molecular weight is 407 g/mol. The topological polar surface area (TPSA) is 75.4 Å².